The minimum absolute atomic E-state index is 0.408. The summed E-state index contributed by atoms with van der Waals surface area (Å²) in [4.78, 5) is 17.3. The summed E-state index contributed by atoms with van der Waals surface area (Å²) in [6.45, 7) is 5.91. The van der Waals surface area contributed by atoms with Crippen LogP contribution in [0.4, 0.5) is 0 Å². The molecule has 0 aliphatic carbocycles. The molecule has 0 atom stereocenters. The Morgan fingerprint density at radius 2 is 1.50 bits per heavy atom. The van der Waals surface area contributed by atoms with Crippen LogP contribution in [0.5, 0.6) is 0 Å². The van der Waals surface area contributed by atoms with Gasteiger partial charge in [-0.25, -0.2) is 0 Å². The molecular weight excluding hydrogens is 368 g/mol. The lowest BCUT2D eigenvalue weighted by molar-refractivity contribution is -0.132. The molecule has 1 amide bonds. The maximum absolute atomic E-state index is 12.5. The number of rotatable bonds is 12. The summed E-state index contributed by atoms with van der Waals surface area (Å²) in [6.07, 6.45) is 17.5. The largest absolute Gasteiger partial charge is 0.343 e. The number of amides is 1. The first-order chi connectivity index (χ1) is 14.8. The van der Waals surface area contributed by atoms with E-state index in [0.717, 1.165) is 31.8 Å². The third-order valence-corrected chi connectivity index (χ3v) is 7.20. The molecule has 3 heteroatoms. The number of piperidine rings is 2. The SMILES string of the molecule is O=C(CCCCCCCN1CCCCC1)N1CCC(CCCc2ccccc2)CC1. The van der Waals surface area contributed by atoms with Crippen LogP contribution in [0, 0.1) is 5.92 Å². The van der Waals surface area contributed by atoms with Gasteiger partial charge in [0.25, 0.3) is 0 Å². The zero-order valence-electron chi connectivity index (χ0n) is 19.2. The van der Waals surface area contributed by atoms with Crippen LogP contribution in [0.3, 0.4) is 0 Å². The molecule has 1 aromatic rings. The Hall–Kier alpha value is -1.35. The Kier molecular flexibility index (Phi) is 10.8. The minimum Gasteiger partial charge on any atom is -0.343 e. The second kappa shape index (κ2) is 13.9. The van der Waals surface area contributed by atoms with Gasteiger partial charge in [-0.3, -0.25) is 4.79 Å². The van der Waals surface area contributed by atoms with E-state index in [1.165, 1.54) is 102 Å². The quantitative estimate of drug-likeness (QED) is 0.389. The minimum atomic E-state index is 0.408. The van der Waals surface area contributed by atoms with Crippen molar-refractivity contribution in [1.82, 2.24) is 9.80 Å². The van der Waals surface area contributed by atoms with Gasteiger partial charge in [0, 0.05) is 19.5 Å². The highest BCUT2D eigenvalue weighted by atomic mass is 16.2. The van der Waals surface area contributed by atoms with Crippen LogP contribution in [-0.4, -0.2) is 48.4 Å². The number of hydrogen-bond donors (Lipinski definition) is 0. The first-order valence-electron chi connectivity index (χ1n) is 12.9. The van der Waals surface area contributed by atoms with Crippen molar-refractivity contribution in [2.45, 2.75) is 89.9 Å². The summed E-state index contributed by atoms with van der Waals surface area (Å²) in [6, 6.07) is 10.8. The Balaban J connectivity index is 1.16. The second-order valence-corrected chi connectivity index (χ2v) is 9.62. The fraction of sp³-hybridized carbons (Fsp3) is 0.741. The second-order valence-electron chi connectivity index (χ2n) is 9.62. The van der Waals surface area contributed by atoms with Crippen molar-refractivity contribution in [3.63, 3.8) is 0 Å². The molecular formula is C27H44N2O. The molecule has 168 valence electrons. The molecule has 30 heavy (non-hydrogen) atoms. The molecule has 2 heterocycles. The van der Waals surface area contributed by atoms with E-state index in [1.54, 1.807) is 0 Å². The molecule has 2 fully saturated rings. The molecule has 0 saturated carbocycles. The third kappa shape index (κ3) is 8.79. The highest BCUT2D eigenvalue weighted by Crippen LogP contribution is 2.23. The molecule has 0 unspecified atom stereocenters. The van der Waals surface area contributed by atoms with Gasteiger partial charge >= 0.3 is 0 Å². The predicted molar refractivity (Wildman–Crippen MR) is 127 cm³/mol. The number of aryl methyl sites for hydroxylation is 1. The van der Waals surface area contributed by atoms with Crippen LogP contribution in [0.15, 0.2) is 30.3 Å². The summed E-state index contributed by atoms with van der Waals surface area (Å²) in [5.74, 6) is 1.23. The van der Waals surface area contributed by atoms with E-state index in [4.69, 9.17) is 0 Å². The number of unbranched alkanes of at least 4 members (excludes halogenated alkanes) is 4. The maximum atomic E-state index is 12.5. The van der Waals surface area contributed by atoms with Gasteiger partial charge < -0.3 is 9.80 Å². The number of benzene rings is 1. The molecule has 0 radical (unpaired) electrons. The number of carbonyl (C=O) groups excluding carboxylic acids is 1. The third-order valence-electron chi connectivity index (χ3n) is 7.20. The Bertz CT molecular complexity index is 574. The average molecular weight is 413 g/mol. The van der Waals surface area contributed by atoms with Crippen molar-refractivity contribution in [2.75, 3.05) is 32.7 Å². The molecule has 2 aliphatic rings. The number of carbonyl (C=O) groups is 1. The van der Waals surface area contributed by atoms with Gasteiger partial charge in [-0.15, -0.1) is 0 Å². The van der Waals surface area contributed by atoms with Crippen molar-refractivity contribution in [2.24, 2.45) is 5.92 Å². The van der Waals surface area contributed by atoms with Gasteiger partial charge in [-0.05, 0) is 88.9 Å². The first kappa shape index (κ1) is 23.3. The van der Waals surface area contributed by atoms with Gasteiger partial charge in [0.1, 0.15) is 0 Å². The highest BCUT2D eigenvalue weighted by molar-refractivity contribution is 5.76. The molecule has 0 N–H and O–H groups in total. The van der Waals surface area contributed by atoms with Crippen LogP contribution in [-0.2, 0) is 11.2 Å². The van der Waals surface area contributed by atoms with Crippen LogP contribution >= 0.6 is 0 Å². The normalized spacial score (nSPS) is 18.6. The average Bonchev–Trinajstić information content (AvgIpc) is 2.80. The van der Waals surface area contributed by atoms with E-state index in [-0.39, 0.29) is 0 Å². The molecule has 2 aliphatic heterocycles. The van der Waals surface area contributed by atoms with Crippen LogP contribution in [0.25, 0.3) is 0 Å². The summed E-state index contributed by atoms with van der Waals surface area (Å²) in [5, 5.41) is 0. The van der Waals surface area contributed by atoms with Crippen LogP contribution in [0.2, 0.25) is 0 Å². The molecule has 0 spiro atoms. The van der Waals surface area contributed by atoms with E-state index in [9.17, 15) is 4.79 Å². The summed E-state index contributed by atoms with van der Waals surface area (Å²) in [7, 11) is 0. The van der Waals surface area contributed by atoms with Gasteiger partial charge in [-0.2, -0.15) is 0 Å². The standard InChI is InChI=1S/C27H44N2O/c30-27(17-8-2-1-3-9-20-28-21-10-5-11-22-28)29-23-18-26(19-24-29)16-12-15-25-13-6-4-7-14-25/h4,6-7,13-14,26H,1-3,5,8-12,15-24H2. The smallest absolute Gasteiger partial charge is 0.222 e. The topological polar surface area (TPSA) is 23.6 Å². The molecule has 0 aromatic heterocycles. The molecule has 0 bridgehead atoms. The maximum Gasteiger partial charge on any atom is 0.222 e. The first-order valence-corrected chi connectivity index (χ1v) is 12.9. The zero-order valence-corrected chi connectivity index (χ0v) is 19.2. The Labute approximate surface area is 185 Å². The lowest BCUT2D eigenvalue weighted by Gasteiger charge is -2.32. The van der Waals surface area contributed by atoms with Gasteiger partial charge in [0.2, 0.25) is 5.91 Å². The fourth-order valence-electron chi connectivity index (χ4n) is 5.19. The fourth-order valence-corrected chi connectivity index (χ4v) is 5.19. The van der Waals surface area contributed by atoms with E-state index < -0.39 is 0 Å². The van der Waals surface area contributed by atoms with Crippen molar-refractivity contribution in [3.05, 3.63) is 35.9 Å². The van der Waals surface area contributed by atoms with Crippen molar-refractivity contribution < 1.29 is 4.79 Å². The van der Waals surface area contributed by atoms with Gasteiger partial charge in [0.15, 0.2) is 0 Å². The zero-order chi connectivity index (χ0) is 20.9. The monoisotopic (exact) mass is 412 g/mol. The number of nitrogens with zero attached hydrogens (tertiary/aromatic N) is 2. The van der Waals surface area contributed by atoms with Crippen LogP contribution < -0.4 is 0 Å². The van der Waals surface area contributed by atoms with E-state index in [2.05, 4.69) is 40.1 Å². The van der Waals surface area contributed by atoms with Crippen LogP contribution in [0.1, 0.15) is 89.0 Å². The molecule has 3 rings (SSSR count). The predicted octanol–water partition coefficient (Wildman–Crippen LogP) is 6.07. The van der Waals surface area contributed by atoms with E-state index in [1.807, 2.05) is 0 Å². The number of hydrogen-bond acceptors (Lipinski definition) is 2. The lowest BCUT2D eigenvalue weighted by atomic mass is 9.90. The molecule has 1 aromatic carbocycles. The number of likely N-dealkylation sites (tertiary alicyclic amines) is 2. The molecule has 2 saturated heterocycles. The van der Waals surface area contributed by atoms with E-state index >= 15 is 0 Å². The van der Waals surface area contributed by atoms with Crippen molar-refractivity contribution in [3.8, 4) is 0 Å². The summed E-state index contributed by atoms with van der Waals surface area (Å²) < 4.78 is 0. The summed E-state index contributed by atoms with van der Waals surface area (Å²) in [5.41, 5.74) is 1.46. The van der Waals surface area contributed by atoms with Crippen molar-refractivity contribution >= 4 is 5.91 Å². The van der Waals surface area contributed by atoms with Gasteiger partial charge in [0.05, 0.1) is 0 Å². The molecule has 3 nitrogen and oxygen atoms in total. The van der Waals surface area contributed by atoms with Crippen molar-refractivity contribution in [1.29, 1.82) is 0 Å². The highest BCUT2D eigenvalue weighted by Gasteiger charge is 2.22. The lowest BCUT2D eigenvalue weighted by Crippen LogP contribution is -2.38. The summed E-state index contributed by atoms with van der Waals surface area (Å²) >= 11 is 0. The van der Waals surface area contributed by atoms with E-state index in [0.29, 0.717) is 5.91 Å². The van der Waals surface area contributed by atoms with Gasteiger partial charge in [-0.1, -0.05) is 56.0 Å². The Morgan fingerprint density at radius 1 is 0.800 bits per heavy atom. The Morgan fingerprint density at radius 3 is 2.27 bits per heavy atom.